The predicted octanol–water partition coefficient (Wildman–Crippen LogP) is 3.85. The average Bonchev–Trinajstić information content (AvgIpc) is 2.67. The third kappa shape index (κ3) is 6.04. The quantitative estimate of drug-likeness (QED) is 0.735. The molecule has 1 saturated heterocycles. The topological polar surface area (TPSA) is 50.8 Å². The molecule has 0 spiro atoms. The Morgan fingerprint density at radius 2 is 1.64 bits per heavy atom. The Morgan fingerprint density at radius 3 is 2.25 bits per heavy atom. The Hall–Kier alpha value is -2.44. The van der Waals surface area contributed by atoms with E-state index in [0.717, 1.165) is 26.1 Å². The highest BCUT2D eigenvalue weighted by Gasteiger charge is 2.21. The summed E-state index contributed by atoms with van der Waals surface area (Å²) in [6.45, 7) is 7.64. The highest BCUT2D eigenvalue weighted by atomic mass is 19.1. The van der Waals surface area contributed by atoms with Gasteiger partial charge in [0.25, 0.3) is 5.91 Å². The van der Waals surface area contributed by atoms with E-state index in [4.69, 9.17) is 9.47 Å². The maximum atomic E-state index is 12.9. The zero-order valence-electron chi connectivity index (χ0n) is 16.4. The van der Waals surface area contributed by atoms with Gasteiger partial charge in [-0.1, -0.05) is 0 Å². The summed E-state index contributed by atoms with van der Waals surface area (Å²) in [4.78, 5) is 14.7. The van der Waals surface area contributed by atoms with E-state index in [1.165, 1.54) is 12.1 Å². The lowest BCUT2D eigenvalue weighted by atomic mass is 10.2. The first-order valence-electron chi connectivity index (χ1n) is 9.69. The lowest BCUT2D eigenvalue weighted by Gasteiger charge is -2.35. The summed E-state index contributed by atoms with van der Waals surface area (Å²) in [7, 11) is 0. The predicted molar refractivity (Wildman–Crippen MR) is 106 cm³/mol. The average molecular weight is 386 g/mol. The molecule has 0 unspecified atom stereocenters. The van der Waals surface area contributed by atoms with Crippen molar-refractivity contribution in [3.8, 4) is 11.5 Å². The smallest absolute Gasteiger partial charge is 0.251 e. The first-order chi connectivity index (χ1) is 13.5. The number of benzene rings is 2. The van der Waals surface area contributed by atoms with Crippen LogP contribution in [0.15, 0.2) is 48.5 Å². The van der Waals surface area contributed by atoms with Gasteiger partial charge in [-0.25, -0.2) is 4.39 Å². The zero-order valence-corrected chi connectivity index (χ0v) is 16.4. The van der Waals surface area contributed by atoms with Gasteiger partial charge in [0.2, 0.25) is 0 Å². The summed E-state index contributed by atoms with van der Waals surface area (Å²) >= 11 is 0. The Balaban J connectivity index is 1.41. The molecule has 0 radical (unpaired) electrons. The van der Waals surface area contributed by atoms with Crippen LogP contribution < -0.4 is 10.1 Å². The number of rotatable bonds is 7. The normalized spacial score (nSPS) is 20.0. The van der Waals surface area contributed by atoms with Crippen molar-refractivity contribution in [3.05, 3.63) is 59.9 Å². The lowest BCUT2D eigenvalue weighted by Crippen LogP contribution is -2.46. The van der Waals surface area contributed by atoms with Crippen LogP contribution in [-0.4, -0.2) is 49.2 Å². The van der Waals surface area contributed by atoms with Gasteiger partial charge < -0.3 is 14.8 Å². The first-order valence-corrected chi connectivity index (χ1v) is 9.69. The number of hydrogen-bond donors (Lipinski definition) is 1. The number of morpholine rings is 1. The maximum Gasteiger partial charge on any atom is 0.251 e. The number of halogens is 1. The molecule has 28 heavy (non-hydrogen) atoms. The Labute approximate surface area is 165 Å². The molecule has 1 fully saturated rings. The third-order valence-electron chi connectivity index (χ3n) is 4.60. The van der Waals surface area contributed by atoms with E-state index >= 15 is 0 Å². The van der Waals surface area contributed by atoms with Gasteiger partial charge in [0.1, 0.15) is 17.3 Å². The second-order valence-corrected chi connectivity index (χ2v) is 7.21. The van der Waals surface area contributed by atoms with Crippen molar-refractivity contribution in [3.63, 3.8) is 0 Å². The first kappa shape index (κ1) is 20.3. The molecule has 0 aromatic heterocycles. The highest BCUT2D eigenvalue weighted by molar-refractivity contribution is 5.94. The molecule has 2 atom stereocenters. The van der Waals surface area contributed by atoms with E-state index in [9.17, 15) is 9.18 Å². The minimum Gasteiger partial charge on any atom is -0.457 e. The molecule has 1 N–H and O–H groups in total. The van der Waals surface area contributed by atoms with Gasteiger partial charge in [-0.2, -0.15) is 0 Å². The molecular weight excluding hydrogens is 359 g/mol. The van der Waals surface area contributed by atoms with Crippen LogP contribution in [0.1, 0.15) is 30.6 Å². The van der Waals surface area contributed by atoms with Gasteiger partial charge >= 0.3 is 0 Å². The Kier molecular flexibility index (Phi) is 7.01. The van der Waals surface area contributed by atoms with Crippen molar-refractivity contribution in [2.45, 2.75) is 32.5 Å². The van der Waals surface area contributed by atoms with Crippen LogP contribution in [0, 0.1) is 5.82 Å². The molecule has 0 saturated carbocycles. The fourth-order valence-corrected chi connectivity index (χ4v) is 3.39. The van der Waals surface area contributed by atoms with Crippen LogP contribution in [0.5, 0.6) is 11.5 Å². The minimum atomic E-state index is -0.308. The van der Waals surface area contributed by atoms with Crippen LogP contribution in [0.3, 0.4) is 0 Å². The second kappa shape index (κ2) is 9.66. The van der Waals surface area contributed by atoms with Crippen LogP contribution in [0.25, 0.3) is 0 Å². The number of carbonyl (C=O) groups excluding carboxylic acids is 1. The molecule has 150 valence electrons. The van der Waals surface area contributed by atoms with Crippen molar-refractivity contribution < 1.29 is 18.7 Å². The van der Waals surface area contributed by atoms with E-state index in [1.54, 1.807) is 36.4 Å². The van der Waals surface area contributed by atoms with Gasteiger partial charge in [0.15, 0.2) is 0 Å². The van der Waals surface area contributed by atoms with Crippen LogP contribution >= 0.6 is 0 Å². The van der Waals surface area contributed by atoms with Crippen molar-refractivity contribution in [1.82, 2.24) is 10.2 Å². The molecule has 0 bridgehead atoms. The van der Waals surface area contributed by atoms with Gasteiger partial charge in [0, 0.05) is 31.7 Å². The van der Waals surface area contributed by atoms with Gasteiger partial charge in [-0.05, 0) is 68.8 Å². The van der Waals surface area contributed by atoms with E-state index < -0.39 is 0 Å². The van der Waals surface area contributed by atoms with E-state index in [0.29, 0.717) is 23.6 Å². The summed E-state index contributed by atoms with van der Waals surface area (Å²) in [6, 6.07) is 12.7. The third-order valence-corrected chi connectivity index (χ3v) is 4.60. The van der Waals surface area contributed by atoms with Crippen LogP contribution in [0.4, 0.5) is 4.39 Å². The van der Waals surface area contributed by atoms with Gasteiger partial charge in [0.05, 0.1) is 12.2 Å². The summed E-state index contributed by atoms with van der Waals surface area (Å²) in [5, 5.41) is 2.96. The lowest BCUT2D eigenvalue weighted by molar-refractivity contribution is -0.0679. The molecule has 2 aromatic carbocycles. The molecule has 1 heterocycles. The van der Waals surface area contributed by atoms with Crippen molar-refractivity contribution in [2.24, 2.45) is 0 Å². The van der Waals surface area contributed by atoms with E-state index in [-0.39, 0.29) is 23.9 Å². The number of hydrogen-bond acceptors (Lipinski definition) is 4. The number of nitrogens with zero attached hydrogens (tertiary/aromatic N) is 1. The van der Waals surface area contributed by atoms with Crippen molar-refractivity contribution in [2.75, 3.05) is 26.2 Å². The Bertz CT molecular complexity index is 754. The minimum absolute atomic E-state index is 0.1000. The SMILES string of the molecule is C[C@@H]1CN(CCCNC(=O)c2ccc(Oc3ccc(F)cc3)cc2)C[C@H](C)O1. The monoisotopic (exact) mass is 386 g/mol. The molecule has 1 aliphatic heterocycles. The number of amides is 1. The Morgan fingerprint density at radius 1 is 1.07 bits per heavy atom. The van der Waals surface area contributed by atoms with Crippen molar-refractivity contribution in [1.29, 1.82) is 0 Å². The van der Waals surface area contributed by atoms with Gasteiger partial charge in [-0.3, -0.25) is 9.69 Å². The molecule has 5 nitrogen and oxygen atoms in total. The summed E-state index contributed by atoms with van der Waals surface area (Å²) in [6.07, 6.45) is 1.42. The maximum absolute atomic E-state index is 12.9. The van der Waals surface area contributed by atoms with Crippen LogP contribution in [-0.2, 0) is 4.74 Å². The highest BCUT2D eigenvalue weighted by Crippen LogP contribution is 2.21. The zero-order chi connectivity index (χ0) is 19.9. The van der Waals surface area contributed by atoms with E-state index in [1.807, 2.05) is 0 Å². The summed E-state index contributed by atoms with van der Waals surface area (Å²) in [5.74, 6) is 0.734. The molecule has 1 amide bonds. The van der Waals surface area contributed by atoms with Crippen molar-refractivity contribution >= 4 is 5.91 Å². The molecule has 0 aliphatic carbocycles. The summed E-state index contributed by atoms with van der Waals surface area (Å²) in [5.41, 5.74) is 0.583. The fourth-order valence-electron chi connectivity index (χ4n) is 3.39. The molecular formula is C22H27FN2O3. The van der Waals surface area contributed by atoms with Gasteiger partial charge in [-0.15, -0.1) is 0 Å². The molecule has 6 heteroatoms. The second-order valence-electron chi connectivity index (χ2n) is 7.21. The van der Waals surface area contributed by atoms with Crippen LogP contribution in [0.2, 0.25) is 0 Å². The number of nitrogens with one attached hydrogen (secondary N) is 1. The molecule has 2 aromatic rings. The molecule has 3 rings (SSSR count). The summed E-state index contributed by atoms with van der Waals surface area (Å²) < 4.78 is 24.3. The molecule has 1 aliphatic rings. The number of carbonyl (C=O) groups is 1. The fraction of sp³-hybridized carbons (Fsp3) is 0.409. The standard InChI is InChI=1S/C22H27FN2O3/c1-16-14-25(15-17(2)27-16)13-3-12-24-22(26)18-4-8-20(9-5-18)28-21-10-6-19(23)7-11-21/h4-11,16-17H,3,12-15H2,1-2H3,(H,24,26)/t16-,17+. The largest absolute Gasteiger partial charge is 0.457 e. The van der Waals surface area contributed by atoms with E-state index in [2.05, 4.69) is 24.1 Å². The number of ether oxygens (including phenoxy) is 2.